The molecule has 0 saturated heterocycles. The minimum absolute atomic E-state index is 0.850. The molecular formula is C38H66N4. The van der Waals surface area contributed by atoms with Crippen molar-refractivity contribution in [2.75, 3.05) is 26.2 Å². The summed E-state index contributed by atoms with van der Waals surface area (Å²) >= 11 is 0. The highest BCUT2D eigenvalue weighted by molar-refractivity contribution is 5.65. The number of hydrogen-bond donors (Lipinski definition) is 4. The zero-order valence-electron chi connectivity index (χ0n) is 27.2. The van der Waals surface area contributed by atoms with Gasteiger partial charge in [0.1, 0.15) is 0 Å². The van der Waals surface area contributed by atoms with Crippen LogP contribution in [0.25, 0.3) is 11.1 Å². The monoisotopic (exact) mass is 579 g/mol. The van der Waals surface area contributed by atoms with Crippen LogP contribution in [0.1, 0.15) is 140 Å². The van der Waals surface area contributed by atoms with Gasteiger partial charge in [0.2, 0.25) is 0 Å². The summed E-state index contributed by atoms with van der Waals surface area (Å²) < 4.78 is 0. The van der Waals surface area contributed by atoms with Gasteiger partial charge in [-0.1, -0.05) is 139 Å². The molecule has 0 aliphatic heterocycles. The van der Waals surface area contributed by atoms with Crippen LogP contribution in [-0.2, 0) is 13.1 Å². The number of unbranched alkanes of at least 4 members (excludes halogenated alkanes) is 18. The number of hydrogen-bond acceptors (Lipinski definition) is 4. The largest absolute Gasteiger partial charge is 0.330 e. The predicted molar refractivity (Wildman–Crippen MR) is 186 cm³/mol. The van der Waals surface area contributed by atoms with Gasteiger partial charge in [-0.3, -0.25) is 0 Å². The van der Waals surface area contributed by atoms with E-state index in [1.165, 1.54) is 151 Å². The van der Waals surface area contributed by atoms with Gasteiger partial charge in [0.25, 0.3) is 0 Å². The molecule has 0 bridgehead atoms. The number of nitrogens with two attached hydrogens (primary N) is 2. The highest BCUT2D eigenvalue weighted by Gasteiger charge is 2.04. The number of rotatable bonds is 29. The van der Waals surface area contributed by atoms with Gasteiger partial charge in [0.15, 0.2) is 0 Å². The van der Waals surface area contributed by atoms with Crippen LogP contribution in [0, 0.1) is 0 Å². The molecule has 0 amide bonds. The van der Waals surface area contributed by atoms with Gasteiger partial charge < -0.3 is 22.1 Å². The third kappa shape index (κ3) is 19.5. The summed E-state index contributed by atoms with van der Waals surface area (Å²) in [5.41, 5.74) is 16.6. The molecular weight excluding hydrogens is 512 g/mol. The predicted octanol–water partition coefficient (Wildman–Crippen LogP) is 9.25. The van der Waals surface area contributed by atoms with E-state index in [1.54, 1.807) is 0 Å². The number of nitrogens with one attached hydrogen (secondary N) is 2. The van der Waals surface area contributed by atoms with E-state index < -0.39 is 0 Å². The van der Waals surface area contributed by atoms with Gasteiger partial charge in [0.05, 0.1) is 0 Å². The minimum atomic E-state index is 0.850. The molecule has 0 aromatic heterocycles. The highest BCUT2D eigenvalue weighted by atomic mass is 14.9. The Balaban J connectivity index is 1.61. The van der Waals surface area contributed by atoms with Gasteiger partial charge in [-0.05, 0) is 86.2 Å². The average molecular weight is 579 g/mol. The topological polar surface area (TPSA) is 76.1 Å². The molecule has 0 unspecified atom stereocenters. The molecule has 0 atom stereocenters. The molecule has 0 heterocycles. The Morgan fingerprint density at radius 3 is 1.12 bits per heavy atom. The Hall–Kier alpha value is -1.72. The van der Waals surface area contributed by atoms with Gasteiger partial charge in [-0.2, -0.15) is 0 Å². The summed E-state index contributed by atoms with van der Waals surface area (Å²) in [4.78, 5) is 0. The third-order valence-corrected chi connectivity index (χ3v) is 8.43. The van der Waals surface area contributed by atoms with Crippen LogP contribution in [0.4, 0.5) is 0 Å². The smallest absolute Gasteiger partial charge is 0.0205 e. The van der Waals surface area contributed by atoms with Crippen LogP contribution >= 0.6 is 0 Å². The van der Waals surface area contributed by atoms with Gasteiger partial charge in [-0.15, -0.1) is 0 Å². The fourth-order valence-electron chi connectivity index (χ4n) is 5.85. The van der Waals surface area contributed by atoms with Crippen LogP contribution in [0.3, 0.4) is 0 Å². The van der Waals surface area contributed by atoms with Crippen LogP contribution in [0.2, 0.25) is 0 Å². The van der Waals surface area contributed by atoms with E-state index in [0.29, 0.717) is 0 Å². The molecule has 0 spiro atoms. The Bertz CT molecular complexity index is 805. The summed E-state index contributed by atoms with van der Waals surface area (Å²) in [6.45, 7) is 5.81. The van der Waals surface area contributed by atoms with E-state index >= 15 is 0 Å². The molecule has 4 heteroatoms. The molecule has 2 aromatic carbocycles. The van der Waals surface area contributed by atoms with Crippen molar-refractivity contribution in [3.63, 3.8) is 0 Å². The lowest BCUT2D eigenvalue weighted by Gasteiger charge is -2.12. The molecule has 0 radical (unpaired) electrons. The van der Waals surface area contributed by atoms with Crippen LogP contribution in [0.15, 0.2) is 48.5 Å². The Morgan fingerprint density at radius 2 is 0.738 bits per heavy atom. The molecule has 4 nitrogen and oxygen atoms in total. The van der Waals surface area contributed by atoms with Crippen LogP contribution in [-0.4, -0.2) is 26.2 Å². The standard InChI is InChI=1S/C38H66N4/c39-26-20-13-9-5-1-3-7-11-15-22-28-41-33-35-30-36(32-38(31-35)37-24-18-17-19-25-37)34-42-29-23-16-12-8-4-2-6-10-14-21-27-40/h17-19,24-25,30-32,41-42H,1-16,20-23,26-29,33-34,39-40H2. The first-order valence-electron chi connectivity index (χ1n) is 17.8. The first-order chi connectivity index (χ1) is 20.8. The number of benzene rings is 2. The van der Waals surface area contributed by atoms with Gasteiger partial charge >= 0.3 is 0 Å². The quantitative estimate of drug-likeness (QED) is 0.0726. The molecule has 0 saturated carbocycles. The molecule has 2 rings (SSSR count). The van der Waals surface area contributed by atoms with Crippen molar-refractivity contribution in [2.24, 2.45) is 11.5 Å². The lowest BCUT2D eigenvalue weighted by atomic mass is 9.99. The molecule has 0 aliphatic carbocycles. The molecule has 42 heavy (non-hydrogen) atoms. The maximum absolute atomic E-state index is 5.57. The Morgan fingerprint density at radius 1 is 0.381 bits per heavy atom. The summed E-state index contributed by atoms with van der Waals surface area (Å²) in [5, 5.41) is 7.44. The lowest BCUT2D eigenvalue weighted by Crippen LogP contribution is -2.17. The van der Waals surface area contributed by atoms with Crippen molar-refractivity contribution in [3.8, 4) is 11.1 Å². The third-order valence-electron chi connectivity index (χ3n) is 8.43. The summed E-state index contributed by atoms with van der Waals surface area (Å²) in [6, 6.07) is 18.0. The van der Waals surface area contributed by atoms with E-state index in [0.717, 1.165) is 39.3 Å². The van der Waals surface area contributed by atoms with E-state index in [1.807, 2.05) is 0 Å². The Kier molecular flexibility index (Phi) is 23.3. The molecule has 0 fully saturated rings. The Labute approximate surface area is 260 Å². The molecule has 6 N–H and O–H groups in total. The van der Waals surface area contributed by atoms with E-state index in [2.05, 4.69) is 59.2 Å². The summed E-state index contributed by atoms with van der Waals surface area (Å²) in [6.07, 6.45) is 26.9. The summed E-state index contributed by atoms with van der Waals surface area (Å²) in [5.74, 6) is 0. The SMILES string of the molecule is NCCCCCCCCCCCCNCc1cc(CNCCCCCCCCCCCCN)cc(-c2ccccc2)c1. The van der Waals surface area contributed by atoms with Crippen LogP contribution in [0.5, 0.6) is 0 Å². The fourth-order valence-corrected chi connectivity index (χ4v) is 5.85. The van der Waals surface area contributed by atoms with Crippen LogP contribution < -0.4 is 22.1 Å². The highest BCUT2D eigenvalue weighted by Crippen LogP contribution is 2.23. The zero-order chi connectivity index (χ0) is 29.8. The zero-order valence-corrected chi connectivity index (χ0v) is 27.2. The van der Waals surface area contributed by atoms with E-state index in [9.17, 15) is 0 Å². The second-order valence-corrected chi connectivity index (χ2v) is 12.4. The first-order valence-corrected chi connectivity index (χ1v) is 17.8. The molecule has 238 valence electrons. The maximum Gasteiger partial charge on any atom is 0.0205 e. The van der Waals surface area contributed by atoms with E-state index in [-0.39, 0.29) is 0 Å². The van der Waals surface area contributed by atoms with Crippen molar-refractivity contribution < 1.29 is 0 Å². The molecule has 0 aliphatic rings. The normalized spacial score (nSPS) is 11.4. The molecule has 2 aromatic rings. The van der Waals surface area contributed by atoms with E-state index in [4.69, 9.17) is 11.5 Å². The maximum atomic E-state index is 5.57. The first kappa shape index (κ1) is 36.5. The average Bonchev–Trinajstić information content (AvgIpc) is 3.02. The van der Waals surface area contributed by atoms with Crippen molar-refractivity contribution in [1.82, 2.24) is 10.6 Å². The van der Waals surface area contributed by atoms with Crippen molar-refractivity contribution in [3.05, 3.63) is 59.7 Å². The second kappa shape index (κ2) is 26.9. The second-order valence-electron chi connectivity index (χ2n) is 12.4. The van der Waals surface area contributed by atoms with Gasteiger partial charge in [-0.25, -0.2) is 0 Å². The minimum Gasteiger partial charge on any atom is -0.330 e. The van der Waals surface area contributed by atoms with Crippen molar-refractivity contribution in [2.45, 2.75) is 142 Å². The van der Waals surface area contributed by atoms with Crippen molar-refractivity contribution >= 4 is 0 Å². The van der Waals surface area contributed by atoms with Crippen molar-refractivity contribution in [1.29, 1.82) is 0 Å². The summed E-state index contributed by atoms with van der Waals surface area (Å²) in [7, 11) is 0. The fraction of sp³-hybridized carbons (Fsp3) is 0.684. The van der Waals surface area contributed by atoms with Gasteiger partial charge in [0, 0.05) is 13.1 Å². The lowest BCUT2D eigenvalue weighted by molar-refractivity contribution is 0.540.